The van der Waals surface area contributed by atoms with E-state index in [0.717, 1.165) is 39.3 Å². The molecule has 7 heteroatoms. The van der Waals surface area contributed by atoms with Crippen molar-refractivity contribution < 1.29 is 0 Å². The second kappa shape index (κ2) is 11.5. The molecule has 0 aliphatic carbocycles. The van der Waals surface area contributed by atoms with Crippen LogP contribution in [0.1, 0.15) is 33.6 Å². The summed E-state index contributed by atoms with van der Waals surface area (Å²) in [5, 5.41) is 3.32. The number of hydrogen-bond donors (Lipinski definition) is 2. The van der Waals surface area contributed by atoms with Gasteiger partial charge in [0.05, 0.1) is 6.54 Å². The Morgan fingerprint density at radius 1 is 1.17 bits per heavy atom. The van der Waals surface area contributed by atoms with Gasteiger partial charge in [0, 0.05) is 44.8 Å². The summed E-state index contributed by atoms with van der Waals surface area (Å²) in [5.74, 6) is 0.604. The number of halogens is 1. The lowest BCUT2D eigenvalue weighted by molar-refractivity contribution is 0.109. The average Bonchev–Trinajstić information content (AvgIpc) is 3.05. The minimum atomic E-state index is 0. The summed E-state index contributed by atoms with van der Waals surface area (Å²) < 4.78 is 0. The maximum Gasteiger partial charge on any atom is 0.188 e. The molecule has 2 heterocycles. The van der Waals surface area contributed by atoms with Crippen LogP contribution in [0.15, 0.2) is 4.99 Å². The Morgan fingerprint density at radius 3 is 2.50 bits per heavy atom. The molecule has 2 atom stereocenters. The third kappa shape index (κ3) is 6.65. The van der Waals surface area contributed by atoms with Gasteiger partial charge in [-0.3, -0.25) is 14.8 Å². The monoisotopic (exact) mass is 452 g/mol. The van der Waals surface area contributed by atoms with Crippen LogP contribution in [-0.4, -0.2) is 91.6 Å². The van der Waals surface area contributed by atoms with Crippen LogP contribution in [0.2, 0.25) is 0 Å². The summed E-state index contributed by atoms with van der Waals surface area (Å²) >= 11 is 0. The molecule has 0 spiro atoms. The first-order chi connectivity index (χ1) is 11.1. The van der Waals surface area contributed by atoms with E-state index in [4.69, 9.17) is 5.73 Å². The summed E-state index contributed by atoms with van der Waals surface area (Å²) in [6.45, 7) is 16.6. The first-order valence-electron chi connectivity index (χ1n) is 9.38. The maximum absolute atomic E-state index is 6.05. The fourth-order valence-electron chi connectivity index (χ4n) is 3.69. The molecule has 0 radical (unpaired) electrons. The highest BCUT2D eigenvalue weighted by Crippen LogP contribution is 2.15. The van der Waals surface area contributed by atoms with E-state index in [1.807, 2.05) is 0 Å². The highest BCUT2D eigenvalue weighted by Gasteiger charge is 2.23. The van der Waals surface area contributed by atoms with Gasteiger partial charge >= 0.3 is 0 Å². The number of hydrogen-bond acceptors (Lipinski definition) is 4. The standard InChI is InChI=1S/C17H36N6.HI/c1-4-21-9-11-23(12-10-21)15(3)13-19-17(18)20-14-16-7-6-8-22(16)5-2;/h15-16H,4-14H2,1-3H3,(H3,18,19,20);1H. The fourth-order valence-corrected chi connectivity index (χ4v) is 3.69. The lowest BCUT2D eigenvalue weighted by Crippen LogP contribution is -2.50. The minimum Gasteiger partial charge on any atom is -0.370 e. The number of rotatable bonds is 7. The molecule has 0 aromatic rings. The van der Waals surface area contributed by atoms with E-state index in [0.29, 0.717) is 18.0 Å². The normalized spacial score (nSPS) is 25.5. The number of likely N-dealkylation sites (N-methyl/N-ethyl adjacent to an activating group) is 2. The summed E-state index contributed by atoms with van der Waals surface area (Å²) in [4.78, 5) is 12.1. The van der Waals surface area contributed by atoms with Crippen LogP contribution < -0.4 is 11.1 Å². The number of guanidine groups is 1. The Morgan fingerprint density at radius 2 is 1.88 bits per heavy atom. The SMILES string of the molecule is CCN1CCN(C(C)CN=C(N)NCC2CCCN2CC)CC1.I. The predicted molar refractivity (Wildman–Crippen MR) is 113 cm³/mol. The Bertz CT molecular complexity index is 370. The van der Waals surface area contributed by atoms with E-state index in [-0.39, 0.29) is 24.0 Å². The van der Waals surface area contributed by atoms with Crippen LogP contribution in [0.25, 0.3) is 0 Å². The Balaban J connectivity index is 0.00000288. The highest BCUT2D eigenvalue weighted by atomic mass is 127. The molecular formula is C17H37IN6. The van der Waals surface area contributed by atoms with E-state index in [1.165, 1.54) is 32.5 Å². The van der Waals surface area contributed by atoms with Gasteiger partial charge < -0.3 is 16.0 Å². The molecule has 0 amide bonds. The molecule has 3 N–H and O–H groups in total. The second-order valence-electron chi connectivity index (χ2n) is 6.85. The van der Waals surface area contributed by atoms with Crippen molar-refractivity contribution in [2.45, 2.75) is 45.7 Å². The summed E-state index contributed by atoms with van der Waals surface area (Å²) in [6.07, 6.45) is 2.57. The number of piperazine rings is 1. The van der Waals surface area contributed by atoms with E-state index in [2.05, 4.69) is 45.8 Å². The van der Waals surface area contributed by atoms with E-state index >= 15 is 0 Å². The molecule has 2 saturated heterocycles. The van der Waals surface area contributed by atoms with Crippen LogP contribution >= 0.6 is 24.0 Å². The minimum absolute atomic E-state index is 0. The van der Waals surface area contributed by atoms with Gasteiger partial charge in [-0.05, 0) is 39.4 Å². The van der Waals surface area contributed by atoms with Crippen molar-refractivity contribution in [3.05, 3.63) is 0 Å². The number of nitrogens with zero attached hydrogens (tertiary/aromatic N) is 4. The van der Waals surface area contributed by atoms with Gasteiger partial charge in [0.25, 0.3) is 0 Å². The van der Waals surface area contributed by atoms with Crippen molar-refractivity contribution in [1.29, 1.82) is 0 Å². The van der Waals surface area contributed by atoms with Crippen molar-refractivity contribution in [1.82, 2.24) is 20.0 Å². The number of nitrogens with two attached hydrogens (primary N) is 1. The lowest BCUT2D eigenvalue weighted by Gasteiger charge is -2.37. The zero-order valence-corrected chi connectivity index (χ0v) is 18.0. The van der Waals surface area contributed by atoms with E-state index in [1.54, 1.807) is 0 Å². The van der Waals surface area contributed by atoms with Gasteiger partial charge in [0.15, 0.2) is 5.96 Å². The van der Waals surface area contributed by atoms with Gasteiger partial charge in [-0.15, -0.1) is 24.0 Å². The first kappa shape index (κ1) is 21.9. The smallest absolute Gasteiger partial charge is 0.188 e. The van der Waals surface area contributed by atoms with Crippen molar-refractivity contribution >= 4 is 29.9 Å². The van der Waals surface area contributed by atoms with Crippen LogP contribution in [0.4, 0.5) is 0 Å². The van der Waals surface area contributed by atoms with Crippen LogP contribution in [0.5, 0.6) is 0 Å². The molecule has 2 fully saturated rings. The van der Waals surface area contributed by atoms with Gasteiger partial charge in [-0.2, -0.15) is 0 Å². The van der Waals surface area contributed by atoms with Crippen molar-refractivity contribution in [3.63, 3.8) is 0 Å². The number of aliphatic imine (C=N–C) groups is 1. The molecule has 6 nitrogen and oxygen atoms in total. The van der Waals surface area contributed by atoms with Gasteiger partial charge in [0.1, 0.15) is 0 Å². The highest BCUT2D eigenvalue weighted by molar-refractivity contribution is 14.0. The molecule has 24 heavy (non-hydrogen) atoms. The van der Waals surface area contributed by atoms with Crippen LogP contribution in [-0.2, 0) is 0 Å². The van der Waals surface area contributed by atoms with Gasteiger partial charge in [-0.1, -0.05) is 13.8 Å². The van der Waals surface area contributed by atoms with E-state index in [9.17, 15) is 0 Å². The molecule has 0 bridgehead atoms. The Hall–Kier alpha value is -0.120. The molecule has 2 aliphatic rings. The topological polar surface area (TPSA) is 60.1 Å². The molecule has 2 aliphatic heterocycles. The zero-order valence-electron chi connectivity index (χ0n) is 15.7. The number of nitrogens with one attached hydrogen (secondary N) is 1. The van der Waals surface area contributed by atoms with Crippen LogP contribution in [0, 0.1) is 0 Å². The van der Waals surface area contributed by atoms with Crippen molar-refractivity contribution in [2.24, 2.45) is 10.7 Å². The van der Waals surface area contributed by atoms with Crippen LogP contribution in [0.3, 0.4) is 0 Å². The van der Waals surface area contributed by atoms with Gasteiger partial charge in [0.2, 0.25) is 0 Å². The average molecular weight is 452 g/mol. The van der Waals surface area contributed by atoms with Crippen molar-refractivity contribution in [2.75, 3.05) is 58.9 Å². The third-order valence-electron chi connectivity index (χ3n) is 5.43. The molecule has 0 aromatic heterocycles. The molecule has 2 unspecified atom stereocenters. The van der Waals surface area contributed by atoms with Crippen molar-refractivity contribution in [3.8, 4) is 0 Å². The number of likely N-dealkylation sites (tertiary alicyclic amines) is 1. The summed E-state index contributed by atoms with van der Waals surface area (Å²) in [5.41, 5.74) is 6.05. The largest absolute Gasteiger partial charge is 0.370 e. The Kier molecular flexibility index (Phi) is 10.5. The molecule has 0 saturated carbocycles. The molecule has 142 valence electrons. The fraction of sp³-hybridized carbons (Fsp3) is 0.941. The third-order valence-corrected chi connectivity index (χ3v) is 5.43. The first-order valence-corrected chi connectivity index (χ1v) is 9.38. The Labute approximate surface area is 165 Å². The second-order valence-corrected chi connectivity index (χ2v) is 6.85. The maximum atomic E-state index is 6.05. The molecule has 2 rings (SSSR count). The van der Waals surface area contributed by atoms with Gasteiger partial charge in [-0.25, -0.2) is 0 Å². The molecule has 0 aromatic carbocycles. The quantitative estimate of drug-likeness (QED) is 0.343. The van der Waals surface area contributed by atoms with E-state index < -0.39 is 0 Å². The zero-order chi connectivity index (χ0) is 16.7. The molecular weight excluding hydrogens is 415 g/mol. The summed E-state index contributed by atoms with van der Waals surface area (Å²) in [6, 6.07) is 1.08. The predicted octanol–water partition coefficient (Wildman–Crippen LogP) is 1.02. The summed E-state index contributed by atoms with van der Waals surface area (Å²) in [7, 11) is 0. The lowest BCUT2D eigenvalue weighted by atomic mass is 10.2.